The maximum absolute atomic E-state index is 5.81. The van der Waals surface area contributed by atoms with E-state index in [9.17, 15) is 0 Å². The Morgan fingerprint density at radius 2 is 0.763 bits per heavy atom. The second-order valence-electron chi connectivity index (χ2n) is 19.7. The van der Waals surface area contributed by atoms with Crippen molar-refractivity contribution in [1.29, 1.82) is 0 Å². The molecule has 8 aromatic rings. The Kier molecular flexibility index (Phi) is 31.7. The van der Waals surface area contributed by atoms with Crippen molar-refractivity contribution in [2.75, 3.05) is 7.11 Å². The lowest BCUT2D eigenvalue weighted by Crippen LogP contribution is -1.97. The average molecular weight is 1090 g/mol. The Morgan fingerprint density at radius 3 is 1.13 bits per heavy atom. The fourth-order valence-corrected chi connectivity index (χ4v) is 7.46. The van der Waals surface area contributed by atoms with Crippen molar-refractivity contribution in [2.45, 2.75) is 157 Å². The number of hydrogen-bond donors (Lipinski definition) is 0. The van der Waals surface area contributed by atoms with Crippen molar-refractivity contribution in [1.82, 2.24) is 24.9 Å². The van der Waals surface area contributed by atoms with Crippen molar-refractivity contribution in [3.8, 4) is 5.88 Å². The van der Waals surface area contributed by atoms with Gasteiger partial charge in [0.2, 0.25) is 5.88 Å². The molecule has 0 spiro atoms. The number of benzene rings is 3. The standard InChI is InChI=1S/C11H16.C10H15N.C8H9Cl.C8H11NO.2C8H11N.C7H6Cl2.C7H9N/c1-8(2)11-7-5-6-9(3)10(11)4;1-7(2)10-9(4)8(3)5-6-11-10;1-6-4-3-5-8(9)7(6)2;1-6-4-5-9-8(10-3)7(6)2;1-6-4-9-5-7(2)8(6)3;1-6-4-5-9-8(3)7(6)2;1-5-6(8)3-2-4-7(5)9;1-6-4-3-5-8-7(6)2/h5-8H,1-4H3;5-7H,1-4H3;3-5H,1-2H3;4-5H,1-3H3;2*4-5H,1-3H3;2-4H,1H3;3-5H,1-2H3. The number of aromatic nitrogens is 5. The number of hydrogen-bond acceptors (Lipinski definition) is 6. The van der Waals surface area contributed by atoms with Crippen LogP contribution in [0.5, 0.6) is 5.88 Å². The Morgan fingerprint density at radius 1 is 0.342 bits per heavy atom. The van der Waals surface area contributed by atoms with E-state index in [4.69, 9.17) is 39.5 Å². The lowest BCUT2D eigenvalue weighted by molar-refractivity contribution is 0.394. The van der Waals surface area contributed by atoms with E-state index in [0.29, 0.717) is 11.8 Å². The van der Waals surface area contributed by atoms with Crippen LogP contribution in [0.3, 0.4) is 0 Å². The monoisotopic (exact) mass is 1080 g/mol. The largest absolute Gasteiger partial charge is 0.481 e. The summed E-state index contributed by atoms with van der Waals surface area (Å²) in [4.78, 5) is 20.6. The van der Waals surface area contributed by atoms with Gasteiger partial charge in [0.15, 0.2) is 0 Å². The summed E-state index contributed by atoms with van der Waals surface area (Å²) in [5.41, 5.74) is 24.0. The normalized spacial score (nSPS) is 9.88. The second-order valence-corrected chi connectivity index (χ2v) is 20.9. The summed E-state index contributed by atoms with van der Waals surface area (Å²) in [5, 5.41) is 2.31. The molecule has 408 valence electrons. The van der Waals surface area contributed by atoms with Gasteiger partial charge >= 0.3 is 0 Å². The molecule has 0 saturated carbocycles. The molecule has 0 aliphatic carbocycles. The maximum atomic E-state index is 5.81. The first-order valence-electron chi connectivity index (χ1n) is 25.9. The van der Waals surface area contributed by atoms with E-state index >= 15 is 0 Å². The molecule has 5 aromatic heterocycles. The zero-order valence-corrected chi connectivity index (χ0v) is 52.2. The van der Waals surface area contributed by atoms with Gasteiger partial charge in [-0.25, -0.2) is 4.98 Å². The fraction of sp³-hybridized carbons (Fsp3) is 0.358. The van der Waals surface area contributed by atoms with Crippen molar-refractivity contribution < 1.29 is 4.74 Å². The van der Waals surface area contributed by atoms with E-state index in [1.54, 1.807) is 13.3 Å². The van der Waals surface area contributed by atoms with Gasteiger partial charge < -0.3 is 4.74 Å². The molecule has 0 aliphatic rings. The fourth-order valence-electron chi connectivity index (χ4n) is 6.84. The molecular weight excluding hydrogens is 997 g/mol. The van der Waals surface area contributed by atoms with Gasteiger partial charge in [-0.1, -0.05) is 105 Å². The zero-order valence-electron chi connectivity index (χ0n) is 50.0. The molecular formula is C67H88Cl3N5O. The van der Waals surface area contributed by atoms with Crippen molar-refractivity contribution >= 4 is 34.8 Å². The Labute approximate surface area is 475 Å². The van der Waals surface area contributed by atoms with Crippen molar-refractivity contribution in [3.05, 3.63) is 243 Å². The molecule has 0 radical (unpaired) electrons. The lowest BCUT2D eigenvalue weighted by atomic mass is 9.95. The van der Waals surface area contributed by atoms with E-state index < -0.39 is 0 Å². The quantitative estimate of drug-likeness (QED) is 0.176. The predicted octanol–water partition coefficient (Wildman–Crippen LogP) is 19.9. The van der Waals surface area contributed by atoms with Gasteiger partial charge in [0.05, 0.1) is 7.11 Å². The van der Waals surface area contributed by atoms with Crippen LogP contribution in [0.1, 0.15) is 146 Å². The molecule has 8 rings (SSSR count). The van der Waals surface area contributed by atoms with Crippen molar-refractivity contribution in [2.24, 2.45) is 0 Å². The molecule has 0 bridgehead atoms. The number of aryl methyl sites for hydroxylation is 10. The zero-order chi connectivity index (χ0) is 57.8. The van der Waals surface area contributed by atoms with E-state index in [-0.39, 0.29) is 0 Å². The minimum Gasteiger partial charge on any atom is -0.481 e. The Bertz CT molecular complexity index is 2650. The molecule has 9 heteroatoms. The molecule has 76 heavy (non-hydrogen) atoms. The highest BCUT2D eigenvalue weighted by molar-refractivity contribution is 6.35. The summed E-state index contributed by atoms with van der Waals surface area (Å²) in [5.74, 6) is 1.91. The predicted molar refractivity (Wildman–Crippen MR) is 331 cm³/mol. The third kappa shape index (κ3) is 24.0. The second kappa shape index (κ2) is 35.4. The van der Waals surface area contributed by atoms with E-state index in [2.05, 4.69) is 165 Å². The SMILES string of the molecule is COc1nccc(C)c1C.Cc1c(Cl)cccc1Cl.Cc1cccc(C(C)C)c1C.Cc1cccc(Cl)c1C.Cc1cccnc1C.Cc1ccnc(C(C)C)c1C.Cc1ccnc(C)c1C.Cc1cncc(C)c1C. The molecule has 0 fully saturated rings. The number of pyridine rings is 5. The molecule has 0 saturated heterocycles. The first-order valence-corrected chi connectivity index (χ1v) is 27.0. The highest BCUT2D eigenvalue weighted by Crippen LogP contribution is 2.23. The molecule has 6 nitrogen and oxygen atoms in total. The van der Waals surface area contributed by atoms with E-state index in [0.717, 1.165) is 43.5 Å². The summed E-state index contributed by atoms with van der Waals surface area (Å²) in [6, 6.07) is 28.0. The number of rotatable bonds is 3. The van der Waals surface area contributed by atoms with Gasteiger partial charge in [-0.3, -0.25) is 19.9 Å². The number of methoxy groups -OCH3 is 1. The minimum atomic E-state index is 0.537. The maximum Gasteiger partial charge on any atom is 0.216 e. The minimum absolute atomic E-state index is 0.537. The van der Waals surface area contributed by atoms with Crippen LogP contribution in [0.2, 0.25) is 15.1 Å². The van der Waals surface area contributed by atoms with Crippen LogP contribution in [-0.2, 0) is 0 Å². The molecule has 0 N–H and O–H groups in total. The third-order valence-electron chi connectivity index (χ3n) is 13.4. The smallest absolute Gasteiger partial charge is 0.216 e. The van der Waals surface area contributed by atoms with Gasteiger partial charge in [0, 0.05) is 74.9 Å². The highest BCUT2D eigenvalue weighted by atomic mass is 35.5. The van der Waals surface area contributed by atoms with Gasteiger partial charge in [0.1, 0.15) is 0 Å². The summed E-state index contributed by atoms with van der Waals surface area (Å²) in [6.45, 7) is 44.0. The van der Waals surface area contributed by atoms with Gasteiger partial charge in [0.25, 0.3) is 0 Å². The first kappa shape index (κ1) is 68.1. The lowest BCUT2D eigenvalue weighted by Gasteiger charge is -2.10. The van der Waals surface area contributed by atoms with Gasteiger partial charge in [-0.2, -0.15) is 0 Å². The molecule has 5 heterocycles. The van der Waals surface area contributed by atoms with Crippen LogP contribution in [0.25, 0.3) is 0 Å². The Hall–Kier alpha value is -5.92. The van der Waals surface area contributed by atoms with Gasteiger partial charge in [-0.05, 0) is 255 Å². The van der Waals surface area contributed by atoms with Crippen LogP contribution in [0.15, 0.2) is 122 Å². The van der Waals surface area contributed by atoms with Crippen LogP contribution in [0, 0.1) is 118 Å². The summed E-state index contributed by atoms with van der Waals surface area (Å²) < 4.78 is 5.01. The highest BCUT2D eigenvalue weighted by Gasteiger charge is 2.06. The van der Waals surface area contributed by atoms with Crippen LogP contribution in [-0.4, -0.2) is 32.0 Å². The topological polar surface area (TPSA) is 73.7 Å². The molecule has 0 amide bonds. The van der Waals surface area contributed by atoms with E-state index in [1.165, 1.54) is 83.6 Å². The first-order chi connectivity index (χ1) is 35.7. The van der Waals surface area contributed by atoms with Crippen LogP contribution in [0.4, 0.5) is 0 Å². The number of halogens is 3. The third-order valence-corrected chi connectivity index (χ3v) is 14.6. The molecule has 3 aromatic carbocycles. The van der Waals surface area contributed by atoms with E-state index in [1.807, 2.05) is 121 Å². The summed E-state index contributed by atoms with van der Waals surface area (Å²) in [6.07, 6.45) is 11.1. The van der Waals surface area contributed by atoms with Gasteiger partial charge in [-0.15, -0.1) is 0 Å². The Balaban J connectivity index is 0.000000435. The average Bonchev–Trinajstić information content (AvgIpc) is 3.38. The molecule has 0 atom stereocenters. The molecule has 0 aliphatic heterocycles. The summed E-state index contributed by atoms with van der Waals surface area (Å²) in [7, 11) is 1.63. The van der Waals surface area contributed by atoms with Crippen LogP contribution >= 0.6 is 34.8 Å². The summed E-state index contributed by atoms with van der Waals surface area (Å²) >= 11 is 17.3. The molecule has 0 unspecified atom stereocenters. The van der Waals surface area contributed by atoms with Crippen molar-refractivity contribution in [3.63, 3.8) is 0 Å². The number of nitrogens with zero attached hydrogens (tertiary/aromatic N) is 5. The van der Waals surface area contributed by atoms with Crippen LogP contribution < -0.4 is 4.74 Å². The number of ether oxygens (including phenoxy) is 1.